The maximum absolute atomic E-state index is 10.7. The zero-order chi connectivity index (χ0) is 21.3. The molecule has 1 rings (SSSR count). The van der Waals surface area contributed by atoms with Crippen molar-refractivity contribution in [1.82, 2.24) is 0 Å². The van der Waals surface area contributed by atoms with Crippen LogP contribution in [0.1, 0.15) is 107 Å². The Morgan fingerprint density at radius 2 is 1.17 bits per heavy atom. The highest BCUT2D eigenvalue weighted by Crippen LogP contribution is 2.20. The fraction of sp³-hybridized carbons (Fsp3) is 0.680. The molecule has 0 aromatic heterocycles. The lowest BCUT2D eigenvalue weighted by Gasteiger charge is -2.13. The molecule has 2 N–H and O–H groups in total. The Bertz CT molecular complexity index is 594. The number of aliphatic carboxylic acids is 2. The molecule has 0 spiro atoms. The molecular weight excluding hydrogens is 364 g/mol. The summed E-state index contributed by atoms with van der Waals surface area (Å²) in [6, 6.07) is 6.90. The lowest BCUT2D eigenvalue weighted by molar-refractivity contribution is -0.138. The number of carboxylic acids is 2. The Kier molecular flexibility index (Phi) is 13.9. The largest absolute Gasteiger partial charge is 0.481 e. The molecule has 4 nitrogen and oxygen atoms in total. The summed E-state index contributed by atoms with van der Waals surface area (Å²) in [6.45, 7) is 2.24. The molecule has 0 aliphatic carbocycles. The van der Waals surface area contributed by atoms with Crippen LogP contribution in [-0.2, 0) is 28.9 Å². The van der Waals surface area contributed by atoms with Gasteiger partial charge in [0.1, 0.15) is 0 Å². The molecule has 0 atom stereocenters. The summed E-state index contributed by atoms with van der Waals surface area (Å²) in [5, 5.41) is 17.5. The van der Waals surface area contributed by atoms with E-state index < -0.39 is 11.9 Å². The summed E-state index contributed by atoms with van der Waals surface area (Å²) in [7, 11) is 0. The van der Waals surface area contributed by atoms with Crippen molar-refractivity contribution in [3.8, 4) is 0 Å². The number of aryl methyl sites for hydroxylation is 3. The quantitative estimate of drug-likeness (QED) is 0.271. The molecule has 0 unspecified atom stereocenters. The minimum atomic E-state index is -0.713. The van der Waals surface area contributed by atoms with Gasteiger partial charge in [-0.15, -0.1) is 0 Å². The minimum absolute atomic E-state index is 0.257. The molecule has 164 valence electrons. The topological polar surface area (TPSA) is 74.6 Å². The molecule has 0 fully saturated rings. The number of unbranched alkanes of at least 4 members (excludes halogenated alkanes) is 8. The maximum atomic E-state index is 10.7. The highest BCUT2D eigenvalue weighted by molar-refractivity contribution is 5.66. The second kappa shape index (κ2) is 16.0. The maximum Gasteiger partial charge on any atom is 0.303 e. The fourth-order valence-electron chi connectivity index (χ4n) is 3.78. The predicted molar refractivity (Wildman–Crippen MR) is 119 cm³/mol. The van der Waals surface area contributed by atoms with Gasteiger partial charge in [-0.1, -0.05) is 63.6 Å². The van der Waals surface area contributed by atoms with E-state index in [1.54, 1.807) is 0 Å². The van der Waals surface area contributed by atoms with Crippen LogP contribution < -0.4 is 0 Å². The smallest absolute Gasteiger partial charge is 0.303 e. The van der Waals surface area contributed by atoms with E-state index in [1.807, 2.05) is 0 Å². The van der Waals surface area contributed by atoms with Gasteiger partial charge in [-0.05, 0) is 68.1 Å². The third kappa shape index (κ3) is 13.1. The molecular formula is C25H40O4. The van der Waals surface area contributed by atoms with Crippen LogP contribution in [0.2, 0.25) is 0 Å². The first-order valence-electron chi connectivity index (χ1n) is 11.6. The Hall–Kier alpha value is -1.84. The Morgan fingerprint density at radius 3 is 1.76 bits per heavy atom. The van der Waals surface area contributed by atoms with Crippen molar-refractivity contribution in [1.29, 1.82) is 0 Å². The monoisotopic (exact) mass is 404 g/mol. The van der Waals surface area contributed by atoms with Gasteiger partial charge < -0.3 is 10.2 Å². The van der Waals surface area contributed by atoms with Crippen LogP contribution in [0.15, 0.2) is 18.2 Å². The summed E-state index contributed by atoms with van der Waals surface area (Å²) >= 11 is 0. The van der Waals surface area contributed by atoms with Crippen molar-refractivity contribution in [2.45, 2.75) is 110 Å². The van der Waals surface area contributed by atoms with Crippen molar-refractivity contribution in [2.24, 2.45) is 0 Å². The van der Waals surface area contributed by atoms with E-state index in [1.165, 1.54) is 48.8 Å². The summed E-state index contributed by atoms with van der Waals surface area (Å²) < 4.78 is 0. The van der Waals surface area contributed by atoms with Crippen molar-refractivity contribution < 1.29 is 19.8 Å². The van der Waals surface area contributed by atoms with E-state index in [-0.39, 0.29) is 12.8 Å². The Morgan fingerprint density at radius 1 is 0.655 bits per heavy atom. The highest BCUT2D eigenvalue weighted by atomic mass is 16.4. The van der Waals surface area contributed by atoms with E-state index in [4.69, 9.17) is 10.2 Å². The average Bonchev–Trinajstić information content (AvgIpc) is 2.68. The van der Waals surface area contributed by atoms with E-state index >= 15 is 0 Å². The van der Waals surface area contributed by atoms with Crippen molar-refractivity contribution in [2.75, 3.05) is 0 Å². The number of carboxylic acid groups (broad SMARTS) is 2. The van der Waals surface area contributed by atoms with E-state index in [0.717, 1.165) is 57.8 Å². The molecule has 0 saturated heterocycles. The van der Waals surface area contributed by atoms with Crippen LogP contribution in [0.3, 0.4) is 0 Å². The number of rotatable bonds is 18. The third-order valence-corrected chi connectivity index (χ3v) is 5.51. The Balaban J connectivity index is 2.55. The molecule has 1 aromatic carbocycles. The first kappa shape index (κ1) is 25.2. The molecule has 0 bridgehead atoms. The van der Waals surface area contributed by atoms with Gasteiger partial charge in [0.05, 0.1) is 0 Å². The normalized spacial score (nSPS) is 10.9. The first-order valence-corrected chi connectivity index (χ1v) is 11.6. The van der Waals surface area contributed by atoms with Gasteiger partial charge in [-0.25, -0.2) is 0 Å². The van der Waals surface area contributed by atoms with Gasteiger partial charge in [-0.2, -0.15) is 0 Å². The molecule has 0 heterocycles. The van der Waals surface area contributed by atoms with Gasteiger partial charge in [0.15, 0.2) is 0 Å². The second-order valence-electron chi connectivity index (χ2n) is 8.18. The second-order valence-corrected chi connectivity index (χ2v) is 8.18. The van der Waals surface area contributed by atoms with Gasteiger partial charge >= 0.3 is 11.9 Å². The molecule has 1 aromatic rings. The number of carbonyl (C=O) groups is 2. The van der Waals surface area contributed by atoms with Gasteiger partial charge in [0.2, 0.25) is 0 Å². The summed E-state index contributed by atoms with van der Waals surface area (Å²) in [5.74, 6) is -1.42. The molecule has 0 amide bonds. The van der Waals surface area contributed by atoms with E-state index in [2.05, 4.69) is 25.1 Å². The molecule has 4 heteroatoms. The highest BCUT2D eigenvalue weighted by Gasteiger charge is 2.06. The number of hydrogen-bond acceptors (Lipinski definition) is 2. The van der Waals surface area contributed by atoms with Crippen LogP contribution in [0.25, 0.3) is 0 Å². The van der Waals surface area contributed by atoms with Crippen LogP contribution >= 0.6 is 0 Å². The lowest BCUT2D eigenvalue weighted by atomic mass is 9.93. The first-order chi connectivity index (χ1) is 14.0. The van der Waals surface area contributed by atoms with Gasteiger partial charge in [-0.3, -0.25) is 9.59 Å². The van der Waals surface area contributed by atoms with Crippen molar-refractivity contribution in [3.05, 3.63) is 34.9 Å². The molecule has 0 aliphatic rings. The van der Waals surface area contributed by atoms with Crippen LogP contribution in [-0.4, -0.2) is 22.2 Å². The third-order valence-electron chi connectivity index (χ3n) is 5.51. The number of hydrogen-bond donors (Lipinski definition) is 2. The predicted octanol–water partition coefficient (Wildman–Crippen LogP) is 6.57. The van der Waals surface area contributed by atoms with Gasteiger partial charge in [0.25, 0.3) is 0 Å². The van der Waals surface area contributed by atoms with Crippen LogP contribution in [0.5, 0.6) is 0 Å². The Labute approximate surface area is 176 Å². The summed E-state index contributed by atoms with van der Waals surface area (Å²) in [5.41, 5.74) is 4.20. The zero-order valence-electron chi connectivity index (χ0n) is 18.3. The fourth-order valence-corrected chi connectivity index (χ4v) is 3.78. The van der Waals surface area contributed by atoms with E-state index in [9.17, 15) is 9.59 Å². The standard InChI is InChI=1S/C25H40O4/c1-2-3-4-5-8-13-21-18-19-22(14-9-6-11-16-24(26)27)23(20-21)15-10-7-12-17-25(28)29/h18-20H,2-17H2,1H3,(H,26,27)(H,28,29). The van der Waals surface area contributed by atoms with Crippen molar-refractivity contribution >= 4 is 11.9 Å². The van der Waals surface area contributed by atoms with E-state index in [0.29, 0.717) is 0 Å². The SMILES string of the molecule is CCCCCCCc1ccc(CCCCCC(=O)O)c(CCCCCC(=O)O)c1. The molecule has 0 aliphatic heterocycles. The molecule has 0 radical (unpaired) electrons. The molecule has 0 saturated carbocycles. The minimum Gasteiger partial charge on any atom is -0.481 e. The molecule has 29 heavy (non-hydrogen) atoms. The van der Waals surface area contributed by atoms with Crippen LogP contribution in [0, 0.1) is 0 Å². The average molecular weight is 405 g/mol. The zero-order valence-corrected chi connectivity index (χ0v) is 18.3. The van der Waals surface area contributed by atoms with Crippen LogP contribution in [0.4, 0.5) is 0 Å². The van der Waals surface area contributed by atoms with Gasteiger partial charge in [0, 0.05) is 12.8 Å². The van der Waals surface area contributed by atoms with Crippen molar-refractivity contribution in [3.63, 3.8) is 0 Å². The summed E-state index contributed by atoms with van der Waals surface area (Å²) in [4.78, 5) is 21.3. The summed E-state index contributed by atoms with van der Waals surface area (Å²) in [6.07, 6.45) is 15.6. The lowest BCUT2D eigenvalue weighted by Crippen LogP contribution is -2.00. The number of benzene rings is 1.